The fourth-order valence-corrected chi connectivity index (χ4v) is 3.09. The zero-order valence-corrected chi connectivity index (χ0v) is 14.2. The quantitative estimate of drug-likeness (QED) is 0.847. The minimum atomic E-state index is 0.337. The molecule has 0 amide bonds. The Morgan fingerprint density at radius 1 is 1.10 bits per heavy atom. The summed E-state index contributed by atoms with van der Waals surface area (Å²) in [5, 5.41) is 6.79. The maximum Gasteiger partial charge on any atom is 0.135 e. The van der Waals surface area contributed by atoms with Crippen molar-refractivity contribution in [3.05, 3.63) is 11.4 Å². The standard InChI is InChI=1S/C17H30N4/c1-12(2)14-20-15(18-5)13(3)16(21-14)19-11-17(4)9-7-6-8-10-17/h12H,6-11H2,1-5H3,(H2,18,19,20,21). The fraction of sp³-hybridized carbons (Fsp3) is 0.765. The first-order valence-corrected chi connectivity index (χ1v) is 8.25. The molecule has 1 heterocycles. The summed E-state index contributed by atoms with van der Waals surface area (Å²) in [5.41, 5.74) is 1.52. The van der Waals surface area contributed by atoms with E-state index in [9.17, 15) is 0 Å². The van der Waals surface area contributed by atoms with Crippen molar-refractivity contribution in [3.63, 3.8) is 0 Å². The molecule has 118 valence electrons. The highest BCUT2D eigenvalue weighted by molar-refractivity contribution is 5.57. The summed E-state index contributed by atoms with van der Waals surface area (Å²) in [6.07, 6.45) is 6.75. The molecule has 21 heavy (non-hydrogen) atoms. The van der Waals surface area contributed by atoms with E-state index in [1.54, 1.807) is 0 Å². The van der Waals surface area contributed by atoms with Crippen LogP contribution in [0, 0.1) is 12.3 Å². The number of nitrogens with zero attached hydrogens (tertiary/aromatic N) is 2. The summed E-state index contributed by atoms with van der Waals surface area (Å²) in [4.78, 5) is 9.33. The molecule has 0 spiro atoms. The van der Waals surface area contributed by atoms with Crippen molar-refractivity contribution in [2.75, 3.05) is 24.2 Å². The van der Waals surface area contributed by atoms with E-state index < -0.39 is 0 Å². The Balaban J connectivity index is 2.16. The molecule has 0 bridgehead atoms. The average molecular weight is 290 g/mol. The van der Waals surface area contributed by atoms with Crippen molar-refractivity contribution in [3.8, 4) is 0 Å². The molecule has 0 radical (unpaired) electrons. The van der Waals surface area contributed by atoms with Gasteiger partial charge in [-0.25, -0.2) is 9.97 Å². The van der Waals surface area contributed by atoms with Gasteiger partial charge in [0.15, 0.2) is 0 Å². The largest absolute Gasteiger partial charge is 0.373 e. The van der Waals surface area contributed by atoms with Gasteiger partial charge in [0.2, 0.25) is 0 Å². The summed E-state index contributed by atoms with van der Waals surface area (Å²) in [5.74, 6) is 3.17. The van der Waals surface area contributed by atoms with Gasteiger partial charge in [0.1, 0.15) is 17.5 Å². The Hall–Kier alpha value is -1.32. The van der Waals surface area contributed by atoms with Gasteiger partial charge in [0.05, 0.1) is 0 Å². The zero-order chi connectivity index (χ0) is 15.5. The van der Waals surface area contributed by atoms with Crippen molar-refractivity contribution in [2.24, 2.45) is 5.41 Å². The van der Waals surface area contributed by atoms with Gasteiger partial charge in [-0.15, -0.1) is 0 Å². The maximum absolute atomic E-state index is 4.73. The van der Waals surface area contributed by atoms with Crippen LogP contribution < -0.4 is 10.6 Å². The first kappa shape index (κ1) is 16.1. The minimum Gasteiger partial charge on any atom is -0.373 e. The van der Waals surface area contributed by atoms with E-state index in [4.69, 9.17) is 4.98 Å². The lowest BCUT2D eigenvalue weighted by atomic mass is 9.76. The molecule has 1 fully saturated rings. The summed E-state index contributed by atoms with van der Waals surface area (Å²) in [6, 6.07) is 0. The highest BCUT2D eigenvalue weighted by Crippen LogP contribution is 2.36. The van der Waals surface area contributed by atoms with Crippen LogP contribution in [0.5, 0.6) is 0 Å². The van der Waals surface area contributed by atoms with Gasteiger partial charge >= 0.3 is 0 Å². The maximum atomic E-state index is 4.73. The first-order chi connectivity index (χ1) is 9.95. The van der Waals surface area contributed by atoms with Gasteiger partial charge in [-0.1, -0.05) is 40.0 Å². The van der Waals surface area contributed by atoms with E-state index in [1.165, 1.54) is 32.1 Å². The van der Waals surface area contributed by atoms with Gasteiger partial charge in [0, 0.05) is 25.1 Å². The van der Waals surface area contributed by atoms with Crippen molar-refractivity contribution < 1.29 is 0 Å². The van der Waals surface area contributed by atoms with Crippen molar-refractivity contribution >= 4 is 11.6 Å². The molecule has 2 rings (SSSR count). The summed E-state index contributed by atoms with van der Waals surface area (Å²) in [6.45, 7) is 9.76. The van der Waals surface area contributed by atoms with Crippen LogP contribution in [0.15, 0.2) is 0 Å². The first-order valence-electron chi connectivity index (χ1n) is 8.25. The van der Waals surface area contributed by atoms with Crippen LogP contribution in [-0.2, 0) is 0 Å². The molecule has 0 saturated heterocycles. The summed E-state index contributed by atoms with van der Waals surface area (Å²) in [7, 11) is 1.92. The van der Waals surface area contributed by atoms with Crippen molar-refractivity contribution in [2.45, 2.75) is 65.7 Å². The van der Waals surface area contributed by atoms with E-state index in [2.05, 4.69) is 43.3 Å². The topological polar surface area (TPSA) is 49.8 Å². The van der Waals surface area contributed by atoms with Gasteiger partial charge < -0.3 is 10.6 Å². The monoisotopic (exact) mass is 290 g/mol. The number of rotatable bonds is 5. The van der Waals surface area contributed by atoms with E-state index in [-0.39, 0.29) is 0 Å². The third-order valence-corrected chi connectivity index (χ3v) is 4.66. The number of anilines is 2. The van der Waals surface area contributed by atoms with Crippen molar-refractivity contribution in [1.29, 1.82) is 0 Å². The molecule has 0 unspecified atom stereocenters. The second-order valence-electron chi connectivity index (χ2n) is 7.03. The normalized spacial score (nSPS) is 17.8. The van der Waals surface area contributed by atoms with Crippen LogP contribution >= 0.6 is 0 Å². The van der Waals surface area contributed by atoms with Gasteiger partial charge in [-0.3, -0.25) is 0 Å². The molecule has 1 aromatic heterocycles. The molecule has 1 saturated carbocycles. The molecule has 4 nitrogen and oxygen atoms in total. The summed E-state index contributed by atoms with van der Waals surface area (Å²) >= 11 is 0. The number of hydrogen-bond donors (Lipinski definition) is 2. The van der Waals surface area contributed by atoms with Crippen molar-refractivity contribution in [1.82, 2.24) is 9.97 Å². The lowest BCUT2D eigenvalue weighted by Gasteiger charge is -2.34. The highest BCUT2D eigenvalue weighted by atomic mass is 15.1. The van der Waals surface area contributed by atoms with Gasteiger partial charge in [0.25, 0.3) is 0 Å². The van der Waals surface area contributed by atoms with E-state index in [0.29, 0.717) is 11.3 Å². The lowest BCUT2D eigenvalue weighted by molar-refractivity contribution is 0.233. The van der Waals surface area contributed by atoms with Gasteiger partial charge in [-0.05, 0) is 25.2 Å². The van der Waals surface area contributed by atoms with Crippen LogP contribution in [0.25, 0.3) is 0 Å². The fourth-order valence-electron chi connectivity index (χ4n) is 3.09. The predicted octanol–water partition coefficient (Wildman–Crippen LogP) is 4.33. The number of nitrogens with one attached hydrogen (secondary N) is 2. The van der Waals surface area contributed by atoms with Gasteiger partial charge in [-0.2, -0.15) is 0 Å². The third kappa shape index (κ3) is 3.86. The zero-order valence-electron chi connectivity index (χ0n) is 14.2. The van der Waals surface area contributed by atoms with Crippen LogP contribution in [-0.4, -0.2) is 23.6 Å². The molecule has 0 aliphatic heterocycles. The van der Waals surface area contributed by atoms with Crippen LogP contribution in [0.3, 0.4) is 0 Å². The lowest BCUT2D eigenvalue weighted by Crippen LogP contribution is -2.29. The average Bonchev–Trinajstić information content (AvgIpc) is 2.46. The molecule has 4 heteroatoms. The minimum absolute atomic E-state index is 0.337. The van der Waals surface area contributed by atoms with E-state index in [0.717, 1.165) is 29.6 Å². The Kier molecular flexibility index (Phi) is 5.07. The molecular weight excluding hydrogens is 260 g/mol. The number of hydrogen-bond acceptors (Lipinski definition) is 4. The molecule has 0 aromatic carbocycles. The van der Waals surface area contributed by atoms with E-state index in [1.807, 2.05) is 7.05 Å². The molecule has 0 atom stereocenters. The Morgan fingerprint density at radius 2 is 1.71 bits per heavy atom. The molecule has 1 aliphatic rings. The second-order valence-corrected chi connectivity index (χ2v) is 7.03. The highest BCUT2D eigenvalue weighted by Gasteiger charge is 2.27. The SMILES string of the molecule is CNc1nc(C(C)C)nc(NCC2(C)CCCCC2)c1C. The second kappa shape index (κ2) is 6.63. The molecule has 1 aromatic rings. The Bertz CT molecular complexity index is 476. The smallest absolute Gasteiger partial charge is 0.135 e. The Morgan fingerprint density at radius 3 is 2.29 bits per heavy atom. The Labute approximate surface area is 129 Å². The molecular formula is C17H30N4. The molecule has 1 aliphatic carbocycles. The van der Waals surface area contributed by atoms with E-state index >= 15 is 0 Å². The van der Waals surface area contributed by atoms with Crippen LogP contribution in [0.4, 0.5) is 11.6 Å². The molecule has 2 N–H and O–H groups in total. The summed E-state index contributed by atoms with van der Waals surface area (Å²) < 4.78 is 0. The van der Waals surface area contributed by atoms with Crippen LogP contribution in [0.1, 0.15) is 70.2 Å². The number of aromatic nitrogens is 2. The third-order valence-electron chi connectivity index (χ3n) is 4.66. The predicted molar refractivity (Wildman–Crippen MR) is 90.1 cm³/mol. The van der Waals surface area contributed by atoms with Crippen LogP contribution in [0.2, 0.25) is 0 Å².